The molecule has 1 aromatic rings. The SMILES string of the molecule is COCCNCc1cnc(N2CCC(C)C2CO)nc1. The first-order chi connectivity index (χ1) is 9.76. The minimum absolute atomic E-state index is 0.140. The number of aliphatic hydroxyl groups excluding tert-OH is 1. The predicted molar refractivity (Wildman–Crippen MR) is 77.6 cm³/mol. The Hall–Kier alpha value is -1.24. The largest absolute Gasteiger partial charge is 0.394 e. The second-order valence-electron chi connectivity index (χ2n) is 5.27. The number of aliphatic hydroxyl groups is 1. The van der Waals surface area contributed by atoms with Gasteiger partial charge in [-0.2, -0.15) is 0 Å². The number of anilines is 1. The van der Waals surface area contributed by atoms with Crippen molar-refractivity contribution >= 4 is 5.95 Å². The van der Waals surface area contributed by atoms with Crippen molar-refractivity contribution in [3.63, 3.8) is 0 Å². The molecule has 112 valence electrons. The number of ether oxygens (including phenoxy) is 1. The van der Waals surface area contributed by atoms with Gasteiger partial charge in [0.25, 0.3) is 0 Å². The molecule has 2 unspecified atom stereocenters. The first-order valence-corrected chi connectivity index (χ1v) is 7.14. The summed E-state index contributed by atoms with van der Waals surface area (Å²) in [4.78, 5) is 11.0. The Balaban J connectivity index is 1.91. The van der Waals surface area contributed by atoms with Crippen LogP contribution in [0.5, 0.6) is 0 Å². The predicted octanol–water partition coefficient (Wildman–Crippen LogP) is 0.420. The molecule has 0 bridgehead atoms. The van der Waals surface area contributed by atoms with Crippen molar-refractivity contribution in [2.75, 3.05) is 38.3 Å². The lowest BCUT2D eigenvalue weighted by Crippen LogP contribution is -2.36. The molecule has 0 aliphatic carbocycles. The van der Waals surface area contributed by atoms with Gasteiger partial charge in [0.15, 0.2) is 0 Å². The smallest absolute Gasteiger partial charge is 0.225 e. The van der Waals surface area contributed by atoms with Crippen LogP contribution in [0, 0.1) is 5.92 Å². The van der Waals surface area contributed by atoms with Crippen molar-refractivity contribution in [1.82, 2.24) is 15.3 Å². The van der Waals surface area contributed by atoms with Gasteiger partial charge in [-0.1, -0.05) is 6.92 Å². The Morgan fingerprint density at radius 3 is 2.85 bits per heavy atom. The van der Waals surface area contributed by atoms with E-state index >= 15 is 0 Å². The number of nitrogens with one attached hydrogen (secondary N) is 1. The van der Waals surface area contributed by atoms with Gasteiger partial charge in [0.05, 0.1) is 19.3 Å². The quantitative estimate of drug-likeness (QED) is 0.705. The molecule has 6 nitrogen and oxygen atoms in total. The molecule has 2 rings (SSSR count). The van der Waals surface area contributed by atoms with Gasteiger partial charge in [-0.15, -0.1) is 0 Å². The van der Waals surface area contributed by atoms with Gasteiger partial charge in [0.1, 0.15) is 0 Å². The number of nitrogens with zero attached hydrogens (tertiary/aromatic N) is 3. The van der Waals surface area contributed by atoms with E-state index in [0.717, 1.165) is 31.6 Å². The maximum atomic E-state index is 9.47. The highest BCUT2D eigenvalue weighted by Gasteiger charge is 2.31. The van der Waals surface area contributed by atoms with Gasteiger partial charge in [-0.05, 0) is 12.3 Å². The third-order valence-corrected chi connectivity index (χ3v) is 3.83. The van der Waals surface area contributed by atoms with Crippen LogP contribution in [0.2, 0.25) is 0 Å². The fourth-order valence-electron chi connectivity index (χ4n) is 2.53. The minimum Gasteiger partial charge on any atom is -0.394 e. The molecule has 1 aliphatic rings. The highest BCUT2D eigenvalue weighted by molar-refractivity contribution is 5.34. The molecule has 0 aromatic carbocycles. The molecule has 1 saturated heterocycles. The molecule has 20 heavy (non-hydrogen) atoms. The Bertz CT molecular complexity index is 399. The van der Waals surface area contributed by atoms with Crippen molar-refractivity contribution in [3.8, 4) is 0 Å². The van der Waals surface area contributed by atoms with E-state index in [9.17, 15) is 5.11 Å². The average Bonchev–Trinajstić information content (AvgIpc) is 2.85. The third-order valence-electron chi connectivity index (χ3n) is 3.83. The van der Waals surface area contributed by atoms with Gasteiger partial charge in [0.2, 0.25) is 5.95 Å². The molecular formula is C14H24N4O2. The molecule has 0 spiro atoms. The van der Waals surface area contributed by atoms with Crippen molar-refractivity contribution in [2.24, 2.45) is 5.92 Å². The van der Waals surface area contributed by atoms with E-state index in [1.54, 1.807) is 7.11 Å². The van der Waals surface area contributed by atoms with Crippen LogP contribution in [-0.4, -0.2) is 54.5 Å². The zero-order chi connectivity index (χ0) is 14.4. The Kier molecular flexibility index (Phi) is 5.70. The van der Waals surface area contributed by atoms with E-state index in [0.29, 0.717) is 18.5 Å². The summed E-state index contributed by atoms with van der Waals surface area (Å²) in [7, 11) is 1.69. The fraction of sp³-hybridized carbons (Fsp3) is 0.714. The van der Waals surface area contributed by atoms with Gasteiger partial charge in [-0.25, -0.2) is 9.97 Å². The summed E-state index contributed by atoms with van der Waals surface area (Å²) in [5.74, 6) is 1.20. The second-order valence-corrected chi connectivity index (χ2v) is 5.27. The van der Waals surface area contributed by atoms with Crippen molar-refractivity contribution in [2.45, 2.75) is 25.9 Å². The number of hydrogen-bond donors (Lipinski definition) is 2. The minimum atomic E-state index is 0.140. The van der Waals surface area contributed by atoms with Gasteiger partial charge >= 0.3 is 0 Å². The van der Waals surface area contributed by atoms with E-state index in [2.05, 4.69) is 27.1 Å². The lowest BCUT2D eigenvalue weighted by molar-refractivity contribution is 0.199. The number of methoxy groups -OCH3 is 1. The zero-order valence-corrected chi connectivity index (χ0v) is 12.2. The molecule has 2 atom stereocenters. The van der Waals surface area contributed by atoms with E-state index in [4.69, 9.17) is 4.74 Å². The lowest BCUT2D eigenvalue weighted by Gasteiger charge is -2.25. The van der Waals surface area contributed by atoms with Gasteiger partial charge < -0.3 is 20.1 Å². The number of aromatic nitrogens is 2. The standard InChI is InChI=1S/C14H24N4O2/c1-11-3-5-18(13(11)10-19)14-16-8-12(9-17-14)7-15-4-6-20-2/h8-9,11,13,15,19H,3-7,10H2,1-2H3. The fourth-order valence-corrected chi connectivity index (χ4v) is 2.53. The Labute approximate surface area is 120 Å². The summed E-state index contributed by atoms with van der Waals surface area (Å²) < 4.78 is 4.98. The zero-order valence-electron chi connectivity index (χ0n) is 12.2. The topological polar surface area (TPSA) is 70.5 Å². The van der Waals surface area contributed by atoms with Crippen LogP contribution in [0.1, 0.15) is 18.9 Å². The van der Waals surface area contributed by atoms with Crippen LogP contribution in [-0.2, 0) is 11.3 Å². The highest BCUT2D eigenvalue weighted by atomic mass is 16.5. The van der Waals surface area contributed by atoms with Crippen LogP contribution in [0.15, 0.2) is 12.4 Å². The second kappa shape index (κ2) is 7.52. The van der Waals surface area contributed by atoms with Crippen LogP contribution in [0.3, 0.4) is 0 Å². The molecule has 2 N–H and O–H groups in total. The van der Waals surface area contributed by atoms with Crippen LogP contribution < -0.4 is 10.2 Å². The molecule has 0 amide bonds. The summed E-state index contributed by atoms with van der Waals surface area (Å²) in [6.07, 6.45) is 4.77. The Morgan fingerprint density at radius 1 is 1.45 bits per heavy atom. The number of rotatable bonds is 7. The van der Waals surface area contributed by atoms with Crippen molar-refractivity contribution in [1.29, 1.82) is 0 Å². The summed E-state index contributed by atoms with van der Waals surface area (Å²) in [5.41, 5.74) is 1.05. The summed E-state index contributed by atoms with van der Waals surface area (Å²) in [6.45, 7) is 5.48. The van der Waals surface area contributed by atoms with E-state index in [1.165, 1.54) is 0 Å². The molecule has 1 aliphatic heterocycles. The van der Waals surface area contributed by atoms with E-state index in [-0.39, 0.29) is 12.6 Å². The van der Waals surface area contributed by atoms with E-state index in [1.807, 2.05) is 12.4 Å². The molecule has 0 radical (unpaired) electrons. The summed E-state index contributed by atoms with van der Waals surface area (Å²) >= 11 is 0. The Morgan fingerprint density at radius 2 is 2.20 bits per heavy atom. The number of hydrogen-bond acceptors (Lipinski definition) is 6. The highest BCUT2D eigenvalue weighted by Crippen LogP contribution is 2.26. The van der Waals surface area contributed by atoms with E-state index < -0.39 is 0 Å². The lowest BCUT2D eigenvalue weighted by atomic mass is 10.0. The summed E-state index contributed by atoms with van der Waals surface area (Å²) in [6, 6.07) is 0.140. The molecule has 1 fully saturated rings. The normalized spacial score (nSPS) is 22.4. The molecular weight excluding hydrogens is 256 g/mol. The first-order valence-electron chi connectivity index (χ1n) is 7.14. The van der Waals surface area contributed by atoms with Crippen LogP contribution in [0.4, 0.5) is 5.95 Å². The van der Waals surface area contributed by atoms with Gasteiger partial charge in [0, 0.05) is 44.7 Å². The molecule has 2 heterocycles. The molecule has 0 saturated carbocycles. The van der Waals surface area contributed by atoms with Crippen LogP contribution in [0.25, 0.3) is 0 Å². The summed E-state index contributed by atoms with van der Waals surface area (Å²) in [5, 5.41) is 12.7. The maximum absolute atomic E-state index is 9.47. The third kappa shape index (κ3) is 3.65. The van der Waals surface area contributed by atoms with Gasteiger partial charge in [-0.3, -0.25) is 0 Å². The maximum Gasteiger partial charge on any atom is 0.225 e. The molecule has 1 aromatic heterocycles. The average molecular weight is 280 g/mol. The first kappa shape index (κ1) is 15.2. The van der Waals surface area contributed by atoms with Crippen molar-refractivity contribution in [3.05, 3.63) is 18.0 Å². The monoisotopic (exact) mass is 280 g/mol. The van der Waals surface area contributed by atoms with Crippen molar-refractivity contribution < 1.29 is 9.84 Å². The molecule has 6 heteroatoms. The van der Waals surface area contributed by atoms with Crippen LogP contribution >= 0.6 is 0 Å².